The minimum absolute atomic E-state index is 0.449. The van der Waals surface area contributed by atoms with Crippen molar-refractivity contribution in [3.63, 3.8) is 0 Å². The zero-order chi connectivity index (χ0) is 19.9. The van der Waals surface area contributed by atoms with Gasteiger partial charge in [0.15, 0.2) is 5.96 Å². The summed E-state index contributed by atoms with van der Waals surface area (Å²) in [5.74, 6) is 1.84. The average Bonchev–Trinajstić information content (AvgIpc) is 2.64. The van der Waals surface area contributed by atoms with E-state index in [0.29, 0.717) is 31.0 Å². The van der Waals surface area contributed by atoms with E-state index in [1.54, 1.807) is 11.4 Å². The van der Waals surface area contributed by atoms with E-state index >= 15 is 0 Å². The summed E-state index contributed by atoms with van der Waals surface area (Å²) >= 11 is 0. The molecule has 1 unspecified atom stereocenters. The van der Waals surface area contributed by atoms with Gasteiger partial charge in [-0.3, -0.25) is 9.89 Å². The molecular weight excluding hydrogens is 366 g/mol. The van der Waals surface area contributed by atoms with E-state index in [4.69, 9.17) is 4.74 Å². The highest BCUT2D eigenvalue weighted by molar-refractivity contribution is 7.88. The van der Waals surface area contributed by atoms with Crippen LogP contribution in [0.5, 0.6) is 0 Å². The topological polar surface area (TPSA) is 86.3 Å². The van der Waals surface area contributed by atoms with Gasteiger partial charge >= 0.3 is 0 Å². The Labute approximate surface area is 164 Å². The van der Waals surface area contributed by atoms with Crippen molar-refractivity contribution in [1.82, 2.24) is 19.8 Å². The number of nitrogens with one attached hydrogen (secondary N) is 2. The molecule has 0 spiro atoms. The van der Waals surface area contributed by atoms with Crippen LogP contribution < -0.4 is 10.6 Å². The normalized spacial score (nSPS) is 22.8. The molecule has 0 radical (unpaired) electrons. The molecule has 0 aliphatic carbocycles. The second-order valence-corrected chi connectivity index (χ2v) is 9.88. The Morgan fingerprint density at radius 2 is 1.78 bits per heavy atom. The van der Waals surface area contributed by atoms with E-state index in [9.17, 15) is 8.42 Å². The third-order valence-electron chi connectivity index (χ3n) is 5.59. The maximum Gasteiger partial charge on any atom is 0.211 e. The Morgan fingerprint density at radius 1 is 1.15 bits per heavy atom. The Hall–Kier alpha value is -0.900. The van der Waals surface area contributed by atoms with Crippen molar-refractivity contribution in [3.05, 3.63) is 0 Å². The first-order valence-electron chi connectivity index (χ1n) is 10.0. The van der Waals surface area contributed by atoms with Crippen LogP contribution >= 0.6 is 0 Å². The Balaban J connectivity index is 1.75. The summed E-state index contributed by atoms with van der Waals surface area (Å²) in [6.45, 7) is 11.0. The summed E-state index contributed by atoms with van der Waals surface area (Å²) in [4.78, 5) is 6.84. The lowest BCUT2D eigenvalue weighted by atomic mass is 9.98. The summed E-state index contributed by atoms with van der Waals surface area (Å²) in [6, 6.07) is 0.449. The van der Waals surface area contributed by atoms with E-state index in [2.05, 4.69) is 34.4 Å². The molecule has 0 aromatic heterocycles. The number of hydrogen-bond acceptors (Lipinski definition) is 5. The summed E-state index contributed by atoms with van der Waals surface area (Å²) < 4.78 is 30.3. The lowest BCUT2D eigenvalue weighted by molar-refractivity contribution is 0.00752. The van der Waals surface area contributed by atoms with Crippen molar-refractivity contribution >= 4 is 16.0 Å². The van der Waals surface area contributed by atoms with Gasteiger partial charge in [0.25, 0.3) is 0 Å². The number of guanidine groups is 1. The van der Waals surface area contributed by atoms with Gasteiger partial charge in [0.1, 0.15) is 0 Å². The van der Waals surface area contributed by atoms with Gasteiger partial charge in [0.05, 0.1) is 19.5 Å². The highest BCUT2D eigenvalue weighted by Gasteiger charge is 2.26. The van der Waals surface area contributed by atoms with Gasteiger partial charge < -0.3 is 15.4 Å². The molecule has 0 amide bonds. The zero-order valence-electron chi connectivity index (χ0n) is 17.3. The van der Waals surface area contributed by atoms with Gasteiger partial charge in [-0.1, -0.05) is 13.8 Å². The number of sulfonamides is 1. The van der Waals surface area contributed by atoms with Crippen LogP contribution in [0.1, 0.15) is 26.7 Å². The monoisotopic (exact) mass is 403 g/mol. The van der Waals surface area contributed by atoms with Crippen LogP contribution in [-0.2, 0) is 14.8 Å². The zero-order valence-corrected chi connectivity index (χ0v) is 18.1. The predicted molar refractivity (Wildman–Crippen MR) is 110 cm³/mol. The average molecular weight is 404 g/mol. The fourth-order valence-corrected chi connectivity index (χ4v) is 4.68. The van der Waals surface area contributed by atoms with Gasteiger partial charge in [0.2, 0.25) is 10.0 Å². The van der Waals surface area contributed by atoms with Crippen molar-refractivity contribution in [2.24, 2.45) is 16.8 Å². The fraction of sp³-hybridized carbons (Fsp3) is 0.944. The third-order valence-corrected chi connectivity index (χ3v) is 6.89. The summed E-state index contributed by atoms with van der Waals surface area (Å²) in [6.07, 6.45) is 3.07. The quantitative estimate of drug-likeness (QED) is 0.466. The van der Waals surface area contributed by atoms with Gasteiger partial charge in [-0.05, 0) is 24.7 Å². The van der Waals surface area contributed by atoms with Gasteiger partial charge in [0, 0.05) is 52.4 Å². The molecule has 2 fully saturated rings. The van der Waals surface area contributed by atoms with E-state index in [0.717, 1.165) is 58.2 Å². The SMILES string of the molecule is CN=C(NCC1CCN(S(C)(=O)=O)CC1)NCC(C(C)C)N1CCOCC1. The van der Waals surface area contributed by atoms with Crippen LogP contribution in [0.4, 0.5) is 0 Å². The number of aliphatic imine (C=N–C) groups is 1. The molecule has 0 aromatic rings. The van der Waals surface area contributed by atoms with Crippen molar-refractivity contribution < 1.29 is 13.2 Å². The molecule has 158 valence electrons. The number of morpholine rings is 1. The number of piperidine rings is 1. The second-order valence-electron chi connectivity index (χ2n) is 7.90. The number of hydrogen-bond donors (Lipinski definition) is 2. The van der Waals surface area contributed by atoms with Crippen LogP contribution in [0.3, 0.4) is 0 Å². The van der Waals surface area contributed by atoms with Crippen LogP contribution in [0.25, 0.3) is 0 Å². The molecule has 2 heterocycles. The van der Waals surface area contributed by atoms with Crippen molar-refractivity contribution in [2.75, 3.05) is 65.8 Å². The maximum absolute atomic E-state index is 11.6. The number of nitrogens with zero attached hydrogens (tertiary/aromatic N) is 3. The Morgan fingerprint density at radius 3 is 2.30 bits per heavy atom. The third kappa shape index (κ3) is 7.21. The molecule has 9 heteroatoms. The fourth-order valence-electron chi connectivity index (χ4n) is 3.80. The van der Waals surface area contributed by atoms with Crippen LogP contribution in [-0.4, -0.2) is 95.4 Å². The van der Waals surface area contributed by atoms with Crippen LogP contribution in [0.2, 0.25) is 0 Å². The molecule has 2 rings (SSSR count). The Bertz CT molecular complexity index is 568. The van der Waals surface area contributed by atoms with E-state index in [-0.39, 0.29) is 0 Å². The summed E-state index contributed by atoms with van der Waals surface area (Å²) in [5, 5.41) is 6.89. The van der Waals surface area contributed by atoms with Crippen LogP contribution in [0.15, 0.2) is 4.99 Å². The van der Waals surface area contributed by atoms with Gasteiger partial charge in [-0.15, -0.1) is 0 Å². The molecular formula is C18H37N5O3S. The molecule has 1 atom stereocenters. The minimum Gasteiger partial charge on any atom is -0.379 e. The van der Waals surface area contributed by atoms with Gasteiger partial charge in [-0.2, -0.15) is 0 Å². The van der Waals surface area contributed by atoms with Crippen molar-refractivity contribution in [3.8, 4) is 0 Å². The molecule has 0 saturated carbocycles. The predicted octanol–water partition coefficient (Wildman–Crippen LogP) is 0.180. The summed E-state index contributed by atoms with van der Waals surface area (Å²) in [5.41, 5.74) is 0. The van der Waals surface area contributed by atoms with E-state index in [1.165, 1.54) is 6.26 Å². The van der Waals surface area contributed by atoms with E-state index in [1.807, 2.05) is 0 Å². The maximum atomic E-state index is 11.6. The standard InChI is InChI=1S/C18H37N5O3S/c1-15(2)17(22-9-11-26-12-10-22)14-21-18(19-3)20-13-16-5-7-23(8-6-16)27(4,24)25/h15-17H,5-14H2,1-4H3,(H2,19,20,21). The van der Waals surface area contributed by atoms with E-state index < -0.39 is 10.0 Å². The lowest BCUT2D eigenvalue weighted by Crippen LogP contribution is -2.53. The summed E-state index contributed by atoms with van der Waals surface area (Å²) in [7, 11) is -1.27. The van der Waals surface area contributed by atoms with Crippen molar-refractivity contribution in [1.29, 1.82) is 0 Å². The van der Waals surface area contributed by atoms with Crippen molar-refractivity contribution in [2.45, 2.75) is 32.7 Å². The molecule has 2 saturated heterocycles. The lowest BCUT2D eigenvalue weighted by Gasteiger charge is -2.37. The first kappa shape index (κ1) is 22.4. The molecule has 2 N–H and O–H groups in total. The highest BCUT2D eigenvalue weighted by atomic mass is 32.2. The molecule has 0 aromatic carbocycles. The largest absolute Gasteiger partial charge is 0.379 e. The van der Waals surface area contributed by atoms with Gasteiger partial charge in [-0.25, -0.2) is 12.7 Å². The Kier molecular flexibility index (Phi) is 8.78. The molecule has 2 aliphatic heterocycles. The van der Waals surface area contributed by atoms with Crippen LogP contribution in [0, 0.1) is 11.8 Å². The number of rotatable bonds is 7. The smallest absolute Gasteiger partial charge is 0.211 e. The first-order valence-corrected chi connectivity index (χ1v) is 11.9. The minimum atomic E-state index is -3.06. The second kappa shape index (κ2) is 10.6. The molecule has 27 heavy (non-hydrogen) atoms. The highest BCUT2D eigenvalue weighted by Crippen LogP contribution is 2.18. The first-order chi connectivity index (χ1) is 12.8. The molecule has 2 aliphatic rings. The molecule has 0 bridgehead atoms. The molecule has 8 nitrogen and oxygen atoms in total. The number of ether oxygens (including phenoxy) is 1.